The molecule has 8 heteroatoms. The third-order valence-electron chi connectivity index (χ3n) is 5.32. The van der Waals surface area contributed by atoms with Crippen molar-refractivity contribution < 1.29 is 14.4 Å². The quantitative estimate of drug-likeness (QED) is 0.774. The molecule has 30 heavy (non-hydrogen) atoms. The third-order valence-corrected chi connectivity index (χ3v) is 5.32. The number of hydrogen-bond donors (Lipinski definition) is 1. The molecule has 0 saturated carbocycles. The lowest BCUT2D eigenvalue weighted by molar-refractivity contribution is -0.123. The van der Waals surface area contributed by atoms with Gasteiger partial charge in [-0.05, 0) is 42.7 Å². The number of nitrogens with zero attached hydrogens (tertiary/aromatic N) is 4. The molecular weight excluding hydrogens is 382 g/mol. The molecule has 1 N–H and O–H groups in total. The minimum Gasteiger partial charge on any atom is -0.324 e. The van der Waals surface area contributed by atoms with Crippen LogP contribution in [0.5, 0.6) is 0 Å². The van der Waals surface area contributed by atoms with E-state index in [1.807, 2.05) is 31.2 Å². The summed E-state index contributed by atoms with van der Waals surface area (Å²) >= 11 is 0. The summed E-state index contributed by atoms with van der Waals surface area (Å²) < 4.78 is 0. The van der Waals surface area contributed by atoms with Crippen LogP contribution in [0.3, 0.4) is 0 Å². The predicted molar refractivity (Wildman–Crippen MR) is 112 cm³/mol. The van der Waals surface area contributed by atoms with Crippen LogP contribution in [0.4, 0.5) is 11.4 Å². The largest absolute Gasteiger partial charge is 0.324 e. The first-order valence-corrected chi connectivity index (χ1v) is 9.87. The van der Waals surface area contributed by atoms with Crippen LogP contribution in [0, 0.1) is 6.92 Å². The molecule has 0 aromatic heterocycles. The highest BCUT2D eigenvalue weighted by Crippen LogP contribution is 2.32. The van der Waals surface area contributed by atoms with Gasteiger partial charge in [0.25, 0.3) is 11.8 Å². The zero-order valence-corrected chi connectivity index (χ0v) is 17.1. The highest BCUT2D eigenvalue weighted by Gasteiger charge is 2.55. The Morgan fingerprint density at radius 3 is 2.33 bits per heavy atom. The number of benzene rings is 2. The topological polar surface area (TPSA) is 94.4 Å². The van der Waals surface area contributed by atoms with E-state index < -0.39 is 23.9 Å². The molecule has 154 valence electrons. The molecule has 2 atom stereocenters. The van der Waals surface area contributed by atoms with Crippen molar-refractivity contribution in [2.45, 2.75) is 38.8 Å². The van der Waals surface area contributed by atoms with Crippen molar-refractivity contribution in [1.82, 2.24) is 5.01 Å². The van der Waals surface area contributed by atoms with E-state index >= 15 is 0 Å². The number of aryl methyl sites for hydroxylation is 1. The Morgan fingerprint density at radius 2 is 1.70 bits per heavy atom. The van der Waals surface area contributed by atoms with Gasteiger partial charge in [0, 0.05) is 5.69 Å². The molecule has 0 bridgehead atoms. The maximum atomic E-state index is 13.0. The Labute approximate surface area is 174 Å². The Bertz CT molecular complexity index is 1010. The van der Waals surface area contributed by atoms with Crippen LogP contribution < -0.4 is 10.2 Å². The highest BCUT2D eigenvalue weighted by atomic mass is 16.2. The number of carbonyl (C=O) groups excluding carboxylic acids is 3. The average molecular weight is 405 g/mol. The fourth-order valence-corrected chi connectivity index (χ4v) is 3.60. The zero-order chi connectivity index (χ0) is 21.4. The van der Waals surface area contributed by atoms with Gasteiger partial charge >= 0.3 is 0 Å². The van der Waals surface area contributed by atoms with Crippen molar-refractivity contribution in [3.63, 3.8) is 0 Å². The molecule has 0 spiro atoms. The van der Waals surface area contributed by atoms with E-state index in [0.717, 1.165) is 16.0 Å². The summed E-state index contributed by atoms with van der Waals surface area (Å²) in [6, 6.07) is 12.9. The molecule has 0 radical (unpaired) electrons. The summed E-state index contributed by atoms with van der Waals surface area (Å²) in [7, 11) is 0. The third kappa shape index (κ3) is 3.56. The van der Waals surface area contributed by atoms with Crippen molar-refractivity contribution in [3.05, 3.63) is 59.7 Å². The van der Waals surface area contributed by atoms with Crippen LogP contribution in [-0.2, 0) is 14.4 Å². The second kappa shape index (κ2) is 7.70. The maximum Gasteiger partial charge on any atom is 0.263 e. The van der Waals surface area contributed by atoms with E-state index in [9.17, 15) is 14.4 Å². The van der Waals surface area contributed by atoms with E-state index in [0.29, 0.717) is 17.3 Å². The lowest BCUT2D eigenvalue weighted by Crippen LogP contribution is -2.43. The Kier molecular flexibility index (Phi) is 5.07. The monoisotopic (exact) mass is 405 g/mol. The normalized spacial score (nSPS) is 20.3. The van der Waals surface area contributed by atoms with Crippen molar-refractivity contribution >= 4 is 29.1 Å². The molecule has 2 aromatic carbocycles. The van der Waals surface area contributed by atoms with Gasteiger partial charge in [-0.2, -0.15) is 5.11 Å². The minimum absolute atomic E-state index is 0.169. The van der Waals surface area contributed by atoms with E-state index in [1.54, 1.807) is 24.3 Å². The summed E-state index contributed by atoms with van der Waals surface area (Å²) in [6.07, 6.45) is 0. The second-order valence-electron chi connectivity index (χ2n) is 7.86. The molecule has 0 aliphatic carbocycles. The molecule has 2 aliphatic rings. The molecule has 0 unspecified atom stereocenters. The van der Waals surface area contributed by atoms with E-state index in [1.165, 1.54) is 5.01 Å². The number of carbonyl (C=O) groups is 3. The Balaban J connectivity index is 1.47. The summed E-state index contributed by atoms with van der Waals surface area (Å²) in [5, 5.41) is 11.9. The number of amides is 3. The van der Waals surface area contributed by atoms with Crippen LogP contribution in [-0.4, -0.2) is 41.4 Å². The molecular formula is C22H23N5O3. The number of fused-ring (bicyclic) bond motifs is 1. The van der Waals surface area contributed by atoms with Crippen LogP contribution in [0.2, 0.25) is 0 Å². The molecule has 1 saturated heterocycles. The molecule has 2 aromatic rings. The van der Waals surface area contributed by atoms with E-state index in [4.69, 9.17) is 0 Å². The van der Waals surface area contributed by atoms with Crippen molar-refractivity contribution in [3.8, 4) is 0 Å². The van der Waals surface area contributed by atoms with E-state index in [-0.39, 0.29) is 12.5 Å². The molecule has 2 aliphatic heterocycles. The summed E-state index contributed by atoms with van der Waals surface area (Å²) in [5.41, 5.74) is 3.36. The van der Waals surface area contributed by atoms with Gasteiger partial charge in [0.15, 0.2) is 12.1 Å². The molecule has 4 rings (SSSR count). The van der Waals surface area contributed by atoms with Gasteiger partial charge < -0.3 is 5.32 Å². The number of hydrogen-bond acceptors (Lipinski definition) is 6. The van der Waals surface area contributed by atoms with Crippen molar-refractivity contribution in [2.24, 2.45) is 10.3 Å². The first-order chi connectivity index (χ1) is 14.3. The minimum atomic E-state index is -0.922. The van der Waals surface area contributed by atoms with Crippen LogP contribution in [0.15, 0.2) is 58.9 Å². The standard InChI is InChI=1S/C22H23N5O3/c1-13(2)15-6-10-17(11-7-15)27-21(29)19-20(22(27)30)26(25-24-19)12-18(28)23-16-8-4-14(3)5-9-16/h4-11,13,19-20H,12H2,1-3H3,(H,23,28)/t19-,20+/m0/s1. The molecule has 2 heterocycles. The van der Waals surface area contributed by atoms with Gasteiger partial charge in [0.1, 0.15) is 6.54 Å². The maximum absolute atomic E-state index is 13.0. The predicted octanol–water partition coefficient (Wildman–Crippen LogP) is 3.05. The first-order valence-electron chi connectivity index (χ1n) is 9.87. The highest BCUT2D eigenvalue weighted by molar-refractivity contribution is 6.25. The van der Waals surface area contributed by atoms with Crippen LogP contribution in [0.25, 0.3) is 0 Å². The lowest BCUT2D eigenvalue weighted by atomic mass is 10.0. The first kappa shape index (κ1) is 19.8. The fourth-order valence-electron chi connectivity index (χ4n) is 3.60. The number of anilines is 2. The van der Waals surface area contributed by atoms with Gasteiger partial charge in [0.2, 0.25) is 5.91 Å². The lowest BCUT2D eigenvalue weighted by Gasteiger charge is -2.20. The van der Waals surface area contributed by atoms with Gasteiger partial charge in [-0.15, -0.1) is 0 Å². The summed E-state index contributed by atoms with van der Waals surface area (Å²) in [6.45, 7) is 5.94. The smallest absolute Gasteiger partial charge is 0.263 e. The van der Waals surface area contributed by atoms with Crippen molar-refractivity contribution in [2.75, 3.05) is 16.8 Å². The summed E-state index contributed by atoms with van der Waals surface area (Å²) in [4.78, 5) is 39.4. The SMILES string of the molecule is Cc1ccc(NC(=O)CN2N=N[C@@H]3C(=O)N(c4ccc(C(C)C)cc4)C(=O)[C@@H]32)cc1. The molecule has 3 amide bonds. The van der Waals surface area contributed by atoms with Gasteiger partial charge in [-0.3, -0.25) is 19.4 Å². The zero-order valence-electron chi connectivity index (χ0n) is 17.1. The Morgan fingerprint density at radius 1 is 1.03 bits per heavy atom. The van der Waals surface area contributed by atoms with Gasteiger partial charge in [-0.25, -0.2) is 4.90 Å². The number of imide groups is 1. The van der Waals surface area contributed by atoms with Crippen molar-refractivity contribution in [1.29, 1.82) is 0 Å². The summed E-state index contributed by atoms with van der Waals surface area (Å²) in [5.74, 6) is -0.832. The van der Waals surface area contributed by atoms with Gasteiger partial charge in [-0.1, -0.05) is 48.9 Å². The average Bonchev–Trinajstić information content (AvgIpc) is 3.23. The van der Waals surface area contributed by atoms with E-state index in [2.05, 4.69) is 29.5 Å². The van der Waals surface area contributed by atoms with Crippen LogP contribution >= 0.6 is 0 Å². The Hall–Kier alpha value is -3.55. The second-order valence-corrected chi connectivity index (χ2v) is 7.86. The fraction of sp³-hybridized carbons (Fsp3) is 0.318. The molecule has 8 nitrogen and oxygen atoms in total. The number of nitrogens with one attached hydrogen (secondary N) is 1. The van der Waals surface area contributed by atoms with Gasteiger partial charge in [0.05, 0.1) is 5.69 Å². The molecule has 1 fully saturated rings. The number of rotatable bonds is 5. The van der Waals surface area contributed by atoms with Crippen LogP contribution in [0.1, 0.15) is 30.9 Å².